The number of amides is 1. The van der Waals surface area contributed by atoms with E-state index >= 15 is 0 Å². The first kappa shape index (κ1) is 21.6. The number of fused-ring (bicyclic) bond motifs is 1. The molecule has 6 nitrogen and oxygen atoms in total. The molecule has 0 spiro atoms. The Morgan fingerprint density at radius 3 is 2.57 bits per heavy atom. The molecule has 2 aromatic heterocycles. The van der Waals surface area contributed by atoms with E-state index in [2.05, 4.69) is 29.2 Å². The van der Waals surface area contributed by atoms with Crippen molar-refractivity contribution in [2.45, 2.75) is 33.7 Å². The van der Waals surface area contributed by atoms with Crippen LogP contribution >= 0.6 is 24.8 Å². The molecule has 0 aliphatic heterocycles. The Kier molecular flexibility index (Phi) is 8.52. The first-order chi connectivity index (χ1) is 9.93. The van der Waals surface area contributed by atoms with Crippen LogP contribution in [0.15, 0.2) is 12.3 Å². The quantitative estimate of drug-likeness (QED) is 0.856. The fourth-order valence-corrected chi connectivity index (χ4v) is 2.12. The van der Waals surface area contributed by atoms with Gasteiger partial charge in [0.25, 0.3) is 5.91 Å². The minimum Gasteiger partial charge on any atom is -0.352 e. The van der Waals surface area contributed by atoms with Gasteiger partial charge >= 0.3 is 0 Å². The molecule has 0 radical (unpaired) electrons. The van der Waals surface area contributed by atoms with Crippen LogP contribution in [0.25, 0.3) is 11.0 Å². The molecule has 8 heteroatoms. The van der Waals surface area contributed by atoms with Gasteiger partial charge in [0.15, 0.2) is 5.65 Å². The fraction of sp³-hybridized carbons (Fsp3) is 0.533. The largest absolute Gasteiger partial charge is 0.352 e. The number of halogens is 2. The second-order valence-electron chi connectivity index (χ2n) is 5.77. The molecule has 0 aliphatic rings. The van der Waals surface area contributed by atoms with Gasteiger partial charge in [-0.15, -0.1) is 24.8 Å². The number of nitrogens with zero attached hydrogens (tertiary/aromatic N) is 3. The Hall–Kier alpha value is -1.37. The molecule has 1 amide bonds. The molecular formula is C15H25Cl2N5O. The van der Waals surface area contributed by atoms with E-state index in [0.717, 1.165) is 11.0 Å². The molecule has 0 fully saturated rings. The van der Waals surface area contributed by atoms with Crippen molar-refractivity contribution in [3.05, 3.63) is 23.5 Å². The Bertz CT molecular complexity index is 657. The fourth-order valence-electron chi connectivity index (χ4n) is 2.12. The third kappa shape index (κ3) is 4.80. The predicted octanol–water partition coefficient (Wildman–Crippen LogP) is 2.49. The van der Waals surface area contributed by atoms with Gasteiger partial charge in [0.2, 0.25) is 0 Å². The number of nitrogens with two attached hydrogens (primary N) is 1. The van der Waals surface area contributed by atoms with E-state index in [-0.39, 0.29) is 42.7 Å². The zero-order chi connectivity index (χ0) is 15.6. The lowest BCUT2D eigenvalue weighted by atomic mass is 10.1. The first-order valence-corrected chi connectivity index (χ1v) is 7.27. The zero-order valence-corrected chi connectivity index (χ0v) is 15.5. The number of pyridine rings is 1. The molecule has 23 heavy (non-hydrogen) atoms. The van der Waals surface area contributed by atoms with Gasteiger partial charge in [-0.2, -0.15) is 5.10 Å². The van der Waals surface area contributed by atoms with Crippen molar-refractivity contribution < 1.29 is 4.79 Å². The highest BCUT2D eigenvalue weighted by Crippen LogP contribution is 2.19. The van der Waals surface area contributed by atoms with E-state index in [1.165, 1.54) is 0 Å². The van der Waals surface area contributed by atoms with Crippen molar-refractivity contribution in [1.29, 1.82) is 0 Å². The topological polar surface area (TPSA) is 85.8 Å². The van der Waals surface area contributed by atoms with Crippen LogP contribution in [-0.4, -0.2) is 33.8 Å². The smallest absolute Gasteiger partial charge is 0.253 e. The SMILES string of the molecule is Cc1nc2c(cnn2C(C)C)cc1C(=O)NCC(C)CN.Cl.Cl. The lowest BCUT2D eigenvalue weighted by Gasteiger charge is -2.12. The van der Waals surface area contributed by atoms with Crippen LogP contribution in [0.5, 0.6) is 0 Å². The number of carbonyl (C=O) groups is 1. The highest BCUT2D eigenvalue weighted by molar-refractivity contribution is 5.98. The number of hydrogen-bond acceptors (Lipinski definition) is 4. The van der Waals surface area contributed by atoms with Gasteiger partial charge in [-0.1, -0.05) is 6.92 Å². The number of aryl methyl sites for hydroxylation is 1. The second-order valence-corrected chi connectivity index (χ2v) is 5.77. The van der Waals surface area contributed by atoms with E-state index in [1.54, 1.807) is 6.20 Å². The van der Waals surface area contributed by atoms with E-state index in [4.69, 9.17) is 5.73 Å². The molecule has 2 rings (SSSR count). The third-order valence-corrected chi connectivity index (χ3v) is 3.51. The summed E-state index contributed by atoms with van der Waals surface area (Å²) in [6.07, 6.45) is 1.75. The maximum atomic E-state index is 12.3. The summed E-state index contributed by atoms with van der Waals surface area (Å²) < 4.78 is 1.86. The van der Waals surface area contributed by atoms with Crippen molar-refractivity contribution in [1.82, 2.24) is 20.1 Å². The lowest BCUT2D eigenvalue weighted by Crippen LogP contribution is -2.31. The Morgan fingerprint density at radius 2 is 2.00 bits per heavy atom. The van der Waals surface area contributed by atoms with Gasteiger partial charge in [0.05, 0.1) is 17.5 Å². The average Bonchev–Trinajstić information content (AvgIpc) is 2.86. The Balaban J connectivity index is 0.00000242. The summed E-state index contributed by atoms with van der Waals surface area (Å²) in [5.41, 5.74) is 7.68. The van der Waals surface area contributed by atoms with Crippen LogP contribution in [0.1, 0.15) is 42.9 Å². The van der Waals surface area contributed by atoms with Gasteiger partial charge in [-0.25, -0.2) is 9.67 Å². The predicted molar refractivity (Wildman–Crippen MR) is 97.7 cm³/mol. The molecule has 2 aromatic rings. The van der Waals surface area contributed by atoms with Crippen molar-refractivity contribution in [2.75, 3.05) is 13.1 Å². The lowest BCUT2D eigenvalue weighted by molar-refractivity contribution is 0.0947. The summed E-state index contributed by atoms with van der Waals surface area (Å²) in [6, 6.07) is 2.09. The monoisotopic (exact) mass is 361 g/mol. The summed E-state index contributed by atoms with van der Waals surface area (Å²) >= 11 is 0. The van der Waals surface area contributed by atoms with Crippen molar-refractivity contribution in [2.24, 2.45) is 11.7 Å². The minimum atomic E-state index is -0.112. The Labute approximate surface area is 149 Å². The number of carbonyl (C=O) groups excluding carboxylic acids is 1. The maximum absolute atomic E-state index is 12.3. The van der Waals surface area contributed by atoms with E-state index in [9.17, 15) is 4.79 Å². The third-order valence-electron chi connectivity index (χ3n) is 3.51. The van der Waals surface area contributed by atoms with Crippen LogP contribution in [-0.2, 0) is 0 Å². The zero-order valence-electron chi connectivity index (χ0n) is 13.9. The van der Waals surface area contributed by atoms with E-state index in [0.29, 0.717) is 24.3 Å². The molecule has 0 bridgehead atoms. The Morgan fingerprint density at radius 1 is 1.35 bits per heavy atom. The summed E-state index contributed by atoms with van der Waals surface area (Å²) in [7, 11) is 0. The first-order valence-electron chi connectivity index (χ1n) is 7.27. The normalized spacial score (nSPS) is 11.7. The summed E-state index contributed by atoms with van der Waals surface area (Å²) in [4.78, 5) is 16.8. The van der Waals surface area contributed by atoms with Crippen LogP contribution < -0.4 is 11.1 Å². The number of hydrogen-bond donors (Lipinski definition) is 2. The number of aromatic nitrogens is 3. The molecule has 0 saturated carbocycles. The molecular weight excluding hydrogens is 337 g/mol. The summed E-state index contributed by atoms with van der Waals surface area (Å²) in [5.74, 6) is 0.147. The van der Waals surface area contributed by atoms with E-state index in [1.807, 2.05) is 24.6 Å². The standard InChI is InChI=1S/C15H23N5O.2ClH/c1-9(2)20-14-12(8-18-20)5-13(11(4)19-14)15(21)17-7-10(3)6-16;;/h5,8-10H,6-7,16H2,1-4H3,(H,17,21);2*1H. The second kappa shape index (κ2) is 9.05. The molecule has 130 valence electrons. The van der Waals surface area contributed by atoms with Crippen molar-refractivity contribution in [3.8, 4) is 0 Å². The summed E-state index contributed by atoms with van der Waals surface area (Å²) in [5, 5.41) is 8.11. The van der Waals surface area contributed by atoms with Gasteiger partial charge < -0.3 is 11.1 Å². The van der Waals surface area contributed by atoms with E-state index < -0.39 is 0 Å². The molecule has 0 aliphatic carbocycles. The highest BCUT2D eigenvalue weighted by atomic mass is 35.5. The van der Waals surface area contributed by atoms with Gasteiger partial charge in [0.1, 0.15) is 0 Å². The van der Waals surface area contributed by atoms with Crippen LogP contribution in [0.3, 0.4) is 0 Å². The molecule has 3 N–H and O–H groups in total. The van der Waals surface area contributed by atoms with Crippen LogP contribution in [0, 0.1) is 12.8 Å². The van der Waals surface area contributed by atoms with Gasteiger partial charge in [-0.05, 0) is 39.3 Å². The van der Waals surface area contributed by atoms with Crippen LogP contribution in [0.2, 0.25) is 0 Å². The van der Waals surface area contributed by atoms with Crippen molar-refractivity contribution >= 4 is 41.8 Å². The molecule has 1 unspecified atom stereocenters. The number of nitrogens with one attached hydrogen (secondary N) is 1. The molecule has 2 heterocycles. The highest BCUT2D eigenvalue weighted by Gasteiger charge is 2.15. The molecule has 1 atom stereocenters. The average molecular weight is 362 g/mol. The summed E-state index contributed by atoms with van der Waals surface area (Å²) in [6.45, 7) is 9.08. The maximum Gasteiger partial charge on any atom is 0.253 e. The van der Waals surface area contributed by atoms with Crippen molar-refractivity contribution in [3.63, 3.8) is 0 Å². The van der Waals surface area contributed by atoms with Crippen LogP contribution in [0.4, 0.5) is 0 Å². The van der Waals surface area contributed by atoms with Gasteiger partial charge in [0, 0.05) is 18.0 Å². The van der Waals surface area contributed by atoms with Gasteiger partial charge in [-0.3, -0.25) is 4.79 Å². The molecule has 0 saturated heterocycles. The molecule has 0 aromatic carbocycles. The minimum absolute atomic E-state index is 0. The number of rotatable bonds is 5.